The van der Waals surface area contributed by atoms with Crippen molar-refractivity contribution in [1.82, 2.24) is 9.80 Å². The molecule has 0 aromatic heterocycles. The number of carbonyl (C=O) groups is 2. The Kier molecular flexibility index (Phi) is 8.97. The van der Waals surface area contributed by atoms with Gasteiger partial charge in [0, 0.05) is 62.4 Å². The lowest BCUT2D eigenvalue weighted by atomic mass is 9.91. The Morgan fingerprint density at radius 1 is 0.976 bits per heavy atom. The second kappa shape index (κ2) is 12.6. The summed E-state index contributed by atoms with van der Waals surface area (Å²) in [4.78, 5) is 32.9. The summed E-state index contributed by atoms with van der Waals surface area (Å²) < 4.78 is 11.6. The molecule has 3 aromatic rings. The molecule has 0 saturated carbocycles. The van der Waals surface area contributed by atoms with Crippen molar-refractivity contribution in [3.8, 4) is 5.75 Å². The van der Waals surface area contributed by atoms with Gasteiger partial charge in [-0.2, -0.15) is 0 Å². The SMILES string of the molecule is COCC(=O)N1CCCN(C)CCN(C(=O)c2ccc3c(c2)CC(C)(Cc2ccccc2Cl)O3)Cc2ccccc21. The van der Waals surface area contributed by atoms with Crippen LogP contribution in [-0.4, -0.2) is 74.2 Å². The van der Waals surface area contributed by atoms with Crippen LogP contribution >= 0.6 is 11.6 Å². The number of amides is 2. The van der Waals surface area contributed by atoms with Crippen molar-refractivity contribution in [3.63, 3.8) is 0 Å². The Morgan fingerprint density at radius 3 is 2.56 bits per heavy atom. The molecule has 0 spiro atoms. The normalized spacial score (nSPS) is 19.6. The van der Waals surface area contributed by atoms with Crippen LogP contribution in [0, 0.1) is 0 Å². The molecule has 0 N–H and O–H groups in total. The summed E-state index contributed by atoms with van der Waals surface area (Å²) in [7, 11) is 3.59. The number of hydrogen-bond acceptors (Lipinski definition) is 5. The first-order chi connectivity index (χ1) is 19.8. The summed E-state index contributed by atoms with van der Waals surface area (Å²) in [5, 5.41) is 0.733. The summed E-state index contributed by atoms with van der Waals surface area (Å²) in [5.74, 6) is 0.689. The summed E-state index contributed by atoms with van der Waals surface area (Å²) in [5.41, 5.74) is 4.03. The quantitative estimate of drug-likeness (QED) is 0.417. The van der Waals surface area contributed by atoms with Crippen LogP contribution < -0.4 is 9.64 Å². The number of nitrogens with zero attached hydrogens (tertiary/aromatic N) is 3. The van der Waals surface area contributed by atoms with E-state index in [4.69, 9.17) is 21.1 Å². The fourth-order valence-corrected chi connectivity index (χ4v) is 6.03. The first kappa shape index (κ1) is 29.1. The highest BCUT2D eigenvalue weighted by atomic mass is 35.5. The number of carbonyl (C=O) groups excluding carboxylic acids is 2. The number of fused-ring (bicyclic) bond motifs is 2. The van der Waals surface area contributed by atoms with E-state index >= 15 is 0 Å². The molecular weight excluding hydrogens is 538 g/mol. The van der Waals surface area contributed by atoms with Gasteiger partial charge in [0.1, 0.15) is 18.0 Å². The van der Waals surface area contributed by atoms with E-state index < -0.39 is 5.60 Å². The third-order valence-electron chi connectivity index (χ3n) is 7.92. The summed E-state index contributed by atoms with van der Waals surface area (Å²) in [6.07, 6.45) is 2.20. The van der Waals surface area contributed by atoms with Crippen LogP contribution in [-0.2, 0) is 28.9 Å². The molecule has 41 heavy (non-hydrogen) atoms. The first-order valence-electron chi connectivity index (χ1n) is 14.2. The van der Waals surface area contributed by atoms with E-state index in [1.165, 1.54) is 7.11 Å². The van der Waals surface area contributed by atoms with Crippen LogP contribution in [0.3, 0.4) is 0 Å². The minimum Gasteiger partial charge on any atom is -0.487 e. The maximum atomic E-state index is 14.0. The van der Waals surface area contributed by atoms with Crippen molar-refractivity contribution < 1.29 is 19.1 Å². The molecule has 0 fully saturated rings. The molecule has 1 unspecified atom stereocenters. The topological polar surface area (TPSA) is 62.3 Å². The third kappa shape index (κ3) is 6.75. The molecule has 0 saturated heterocycles. The number of likely N-dealkylation sites (N-methyl/N-ethyl adjacent to an activating group) is 1. The molecule has 7 nitrogen and oxygen atoms in total. The molecule has 2 heterocycles. The highest BCUT2D eigenvalue weighted by molar-refractivity contribution is 6.31. The zero-order valence-corrected chi connectivity index (χ0v) is 24.8. The number of para-hydroxylation sites is 1. The molecule has 3 aromatic carbocycles. The third-order valence-corrected chi connectivity index (χ3v) is 8.29. The van der Waals surface area contributed by atoms with Gasteiger partial charge < -0.3 is 24.2 Å². The van der Waals surface area contributed by atoms with Crippen LogP contribution in [0.4, 0.5) is 5.69 Å². The van der Waals surface area contributed by atoms with Crippen molar-refractivity contribution in [1.29, 1.82) is 0 Å². The van der Waals surface area contributed by atoms with Crippen molar-refractivity contribution in [2.45, 2.75) is 38.3 Å². The minimum absolute atomic E-state index is 0.0133. The van der Waals surface area contributed by atoms with Crippen LogP contribution in [0.25, 0.3) is 0 Å². The lowest BCUT2D eigenvalue weighted by molar-refractivity contribution is -0.122. The van der Waals surface area contributed by atoms with E-state index in [1.807, 2.05) is 71.6 Å². The van der Waals surface area contributed by atoms with Gasteiger partial charge in [0.2, 0.25) is 0 Å². The Labute approximate surface area is 247 Å². The molecule has 0 radical (unpaired) electrons. The number of anilines is 1. The lowest BCUT2D eigenvalue weighted by Crippen LogP contribution is -2.37. The average Bonchev–Trinajstić information content (AvgIpc) is 3.28. The number of methoxy groups -OCH3 is 1. The van der Waals surface area contributed by atoms with Gasteiger partial charge in [0.25, 0.3) is 11.8 Å². The van der Waals surface area contributed by atoms with Gasteiger partial charge in [-0.25, -0.2) is 0 Å². The van der Waals surface area contributed by atoms with Crippen molar-refractivity contribution in [2.75, 3.05) is 51.8 Å². The van der Waals surface area contributed by atoms with E-state index in [9.17, 15) is 9.59 Å². The Balaban J connectivity index is 1.40. The lowest BCUT2D eigenvalue weighted by Gasteiger charge is -2.28. The van der Waals surface area contributed by atoms with Crippen molar-refractivity contribution in [2.24, 2.45) is 0 Å². The number of hydrogen-bond donors (Lipinski definition) is 0. The van der Waals surface area contributed by atoms with Gasteiger partial charge >= 0.3 is 0 Å². The zero-order valence-electron chi connectivity index (χ0n) is 24.1. The van der Waals surface area contributed by atoms with E-state index in [2.05, 4.69) is 18.9 Å². The number of benzene rings is 3. The second-order valence-electron chi connectivity index (χ2n) is 11.3. The maximum absolute atomic E-state index is 14.0. The van der Waals surface area contributed by atoms with E-state index in [-0.39, 0.29) is 18.4 Å². The molecule has 8 heteroatoms. The van der Waals surface area contributed by atoms with Gasteiger partial charge in [0.05, 0.1) is 0 Å². The molecule has 0 aliphatic carbocycles. The summed E-state index contributed by atoms with van der Waals surface area (Å²) >= 11 is 6.44. The number of ether oxygens (including phenoxy) is 2. The Morgan fingerprint density at radius 2 is 1.76 bits per heavy atom. The summed E-state index contributed by atoms with van der Waals surface area (Å²) in [6.45, 7) is 5.24. The molecule has 0 bridgehead atoms. The molecule has 5 rings (SSSR count). The minimum atomic E-state index is -0.441. The number of rotatable bonds is 5. The Hall–Kier alpha value is -3.39. The predicted molar refractivity (Wildman–Crippen MR) is 162 cm³/mol. The fourth-order valence-electron chi connectivity index (χ4n) is 5.83. The van der Waals surface area contributed by atoms with Crippen LogP contribution in [0.5, 0.6) is 5.75 Å². The van der Waals surface area contributed by atoms with Crippen molar-refractivity contribution in [3.05, 3.63) is 94.0 Å². The average molecular weight is 576 g/mol. The largest absolute Gasteiger partial charge is 0.487 e. The molecular formula is C33H38ClN3O4. The highest BCUT2D eigenvalue weighted by Gasteiger charge is 2.36. The van der Waals surface area contributed by atoms with E-state index in [0.717, 1.165) is 52.7 Å². The van der Waals surface area contributed by atoms with E-state index in [0.29, 0.717) is 38.0 Å². The zero-order chi connectivity index (χ0) is 29.0. The van der Waals surface area contributed by atoms with Gasteiger partial charge in [-0.05, 0) is 74.0 Å². The standard InChI is InChI=1S/C33H38ClN3O4/c1-33(20-25-9-4-6-11-28(25)34)21-27-19-24(13-14-30(27)41-33)32(39)36-18-17-35(2)15-8-16-37(31(38)23-40-3)29-12-7-5-10-26(29)22-36/h4-7,9-14,19H,8,15-18,20-23H2,1-3H3. The smallest absolute Gasteiger partial charge is 0.254 e. The highest BCUT2D eigenvalue weighted by Crippen LogP contribution is 2.38. The van der Waals surface area contributed by atoms with E-state index in [1.54, 1.807) is 4.90 Å². The van der Waals surface area contributed by atoms with Gasteiger partial charge in [0.15, 0.2) is 0 Å². The molecule has 2 amide bonds. The molecule has 2 aliphatic heterocycles. The van der Waals surface area contributed by atoms with Crippen LogP contribution in [0.1, 0.15) is 40.4 Å². The summed E-state index contributed by atoms with van der Waals surface area (Å²) in [6, 6.07) is 21.4. The number of halogens is 1. The van der Waals surface area contributed by atoms with Crippen LogP contribution in [0.15, 0.2) is 66.7 Å². The van der Waals surface area contributed by atoms with Gasteiger partial charge in [-0.1, -0.05) is 48.0 Å². The van der Waals surface area contributed by atoms with Crippen LogP contribution in [0.2, 0.25) is 5.02 Å². The molecule has 2 aliphatic rings. The monoisotopic (exact) mass is 575 g/mol. The predicted octanol–water partition coefficient (Wildman–Crippen LogP) is 5.23. The molecule has 1 atom stereocenters. The first-order valence-corrected chi connectivity index (χ1v) is 14.5. The van der Waals surface area contributed by atoms with Crippen molar-refractivity contribution >= 4 is 29.1 Å². The van der Waals surface area contributed by atoms with Gasteiger partial charge in [-0.3, -0.25) is 9.59 Å². The fraction of sp³-hybridized carbons (Fsp3) is 0.394. The van der Waals surface area contributed by atoms with Gasteiger partial charge in [-0.15, -0.1) is 0 Å². The Bertz CT molecular complexity index is 1410. The second-order valence-corrected chi connectivity index (χ2v) is 11.7. The molecule has 216 valence electrons. The maximum Gasteiger partial charge on any atom is 0.254 e.